The van der Waals surface area contributed by atoms with Crippen LogP contribution in [0.5, 0.6) is 0 Å². The molecule has 2 unspecified atom stereocenters. The maximum absolute atomic E-state index is 13.4. The molecular weight excluding hydrogens is 1250 g/mol. The lowest BCUT2D eigenvalue weighted by Crippen LogP contribution is -2.39. The fourth-order valence-electron chi connectivity index (χ4n) is 11.7. The lowest BCUT2D eigenvalue weighted by Gasteiger charge is -2.29. The number of aryl methyl sites for hydroxylation is 4. The van der Waals surface area contributed by atoms with E-state index in [0.29, 0.717) is 4.91 Å². The Morgan fingerprint density at radius 1 is 0.656 bits per heavy atom. The van der Waals surface area contributed by atoms with E-state index in [9.17, 15) is 24.3 Å². The third-order valence-electron chi connectivity index (χ3n) is 16.4. The monoisotopic (exact) mass is 1330 g/mol. The Morgan fingerprint density at radius 2 is 1.22 bits per heavy atom. The number of unbranched alkanes of at least 4 members (excludes halogenated alkanes) is 12. The summed E-state index contributed by atoms with van der Waals surface area (Å²) in [5, 5.41) is 23.2. The summed E-state index contributed by atoms with van der Waals surface area (Å²) in [5.74, 6) is -3.05. The lowest BCUT2D eigenvalue weighted by atomic mass is 9.79. The van der Waals surface area contributed by atoms with Gasteiger partial charge in [0.15, 0.2) is 0 Å². The quantitative estimate of drug-likeness (QED) is 0.0136. The Labute approximate surface area is 562 Å². The van der Waals surface area contributed by atoms with Crippen LogP contribution >= 0.6 is 82.0 Å². The maximum Gasteiger partial charge on any atom is 0.323 e. The molecule has 3 N–H and O–H groups in total. The first-order valence-corrected chi connectivity index (χ1v) is 37.1. The van der Waals surface area contributed by atoms with E-state index in [2.05, 4.69) is 161 Å². The number of hydrogen-bond acceptors (Lipinski definition) is 12. The molecule has 1 fully saturated rings. The second kappa shape index (κ2) is 34.1. The number of thioether (sulfide) groups is 1. The van der Waals surface area contributed by atoms with Gasteiger partial charge in [0.1, 0.15) is 17.4 Å². The molecule has 6 heterocycles. The van der Waals surface area contributed by atoms with Crippen LogP contribution in [0, 0.1) is 5.92 Å². The topological polar surface area (TPSA) is 136 Å². The van der Waals surface area contributed by atoms with Gasteiger partial charge >= 0.3 is 11.9 Å². The van der Waals surface area contributed by atoms with Crippen LogP contribution in [-0.4, -0.2) is 62.3 Å². The molecule has 0 saturated carbocycles. The molecule has 2 amide bonds. The molecular formula is C74H83N3O6S7. The van der Waals surface area contributed by atoms with Gasteiger partial charge in [0.05, 0.1) is 21.2 Å². The predicted molar refractivity (Wildman–Crippen MR) is 390 cm³/mol. The van der Waals surface area contributed by atoms with E-state index in [1.54, 1.807) is 28.7 Å². The molecule has 90 heavy (non-hydrogen) atoms. The highest BCUT2D eigenvalue weighted by Crippen LogP contribution is 2.45. The molecule has 2 aliphatic heterocycles. The van der Waals surface area contributed by atoms with Crippen molar-refractivity contribution in [3.05, 3.63) is 176 Å². The number of allylic oxidation sites excluding steroid dienone is 3. The Kier molecular flexibility index (Phi) is 25.9. The van der Waals surface area contributed by atoms with Crippen LogP contribution in [0.15, 0.2) is 117 Å². The number of nitrogens with one attached hydrogen (secondary N) is 1. The number of carboxylic acids is 2. The lowest BCUT2D eigenvalue weighted by molar-refractivity contribution is -0.140. The predicted octanol–water partition coefficient (Wildman–Crippen LogP) is 18.7. The van der Waals surface area contributed by atoms with Crippen LogP contribution in [0.3, 0.4) is 0 Å². The molecule has 2 aromatic carbocycles. The van der Waals surface area contributed by atoms with E-state index in [1.165, 1.54) is 131 Å². The Hall–Kier alpha value is -5.98. The third-order valence-corrected chi connectivity index (χ3v) is 23.0. The first-order valence-electron chi connectivity index (χ1n) is 32.2. The molecule has 9 nitrogen and oxygen atoms in total. The molecule has 0 radical (unpaired) electrons. The molecule has 1 saturated heterocycles. The molecule has 9 rings (SSSR count). The summed E-state index contributed by atoms with van der Waals surface area (Å²) in [6, 6.07) is 26.7. The number of carbonyl (C=O) groups is 4. The number of amides is 2. The standard InChI is InChI=1S/C74H83N3O6S7/c1-5-9-13-18-26-51-42-64(70-53(28-20-15-11-7-3)40-55(86-70)44-61(84)72(82)75-46-67(78)79)88-62(51)36-32-48-30-34-59-57(38-48)69(50-24-22-17-23-25-50)58-39-49(31-35-60(58)76-59)33-37-63-52(27-19-14-10-6-2)43-65(89-63)71-54(29-21-16-12-8-4)41-56(87-71)45-66-73(83)77(47-68(80)81)74(85)90-66/h17,22-25,30-45,58,60,84H,5-16,18-21,26-29,46-47H2,1-4H3,(H,75,82)(H,78,79)(H,80,81)/b36-32+,37-33+,61-44+,66-45+. The second-order valence-corrected chi connectivity index (χ2v) is 29.9. The number of carboxylic acid groups (broad SMARTS) is 2. The second-order valence-electron chi connectivity index (χ2n) is 23.4. The van der Waals surface area contributed by atoms with Gasteiger partial charge in [0.25, 0.3) is 11.8 Å². The van der Waals surface area contributed by atoms with E-state index in [1.807, 2.05) is 28.7 Å². The van der Waals surface area contributed by atoms with E-state index >= 15 is 0 Å². The highest BCUT2D eigenvalue weighted by Gasteiger charge is 2.34. The van der Waals surface area contributed by atoms with Gasteiger partial charge < -0.3 is 15.5 Å². The molecule has 472 valence electrons. The van der Waals surface area contributed by atoms with Crippen LogP contribution in [0.2, 0.25) is 0 Å². The first kappa shape index (κ1) is 68.4. The summed E-state index contributed by atoms with van der Waals surface area (Å²) >= 11 is 18.2. The van der Waals surface area contributed by atoms with Crippen molar-refractivity contribution in [2.45, 2.75) is 162 Å². The maximum atomic E-state index is 13.4. The van der Waals surface area contributed by atoms with Crippen molar-refractivity contribution < 1.29 is 29.4 Å². The number of hydrogen-bond donors (Lipinski definition) is 4. The molecule has 6 aromatic rings. The molecule has 0 bridgehead atoms. The zero-order chi connectivity index (χ0) is 63.5. The van der Waals surface area contributed by atoms with Gasteiger partial charge in [-0.05, 0) is 157 Å². The third kappa shape index (κ3) is 18.4. The van der Waals surface area contributed by atoms with E-state index in [0.717, 1.165) is 109 Å². The highest BCUT2D eigenvalue weighted by molar-refractivity contribution is 8.26. The fraction of sp³-hybridized carbons (Fsp3) is 0.378. The fourth-order valence-corrected chi connectivity index (χ4v) is 18.2. The van der Waals surface area contributed by atoms with Crippen molar-refractivity contribution in [1.29, 1.82) is 0 Å². The van der Waals surface area contributed by atoms with Gasteiger partial charge in [-0.1, -0.05) is 196 Å². The molecule has 4 aromatic heterocycles. The number of aliphatic carboxylic acids is 2. The van der Waals surface area contributed by atoms with Crippen LogP contribution < -0.4 is 15.9 Å². The Morgan fingerprint density at radius 3 is 1.80 bits per heavy atom. The van der Waals surface area contributed by atoms with Crippen LogP contribution in [0.1, 0.15) is 183 Å². The smallest absolute Gasteiger partial charge is 0.323 e. The van der Waals surface area contributed by atoms with Crippen LogP contribution in [0.4, 0.5) is 0 Å². The summed E-state index contributed by atoms with van der Waals surface area (Å²) in [6.07, 6.45) is 42.1. The summed E-state index contributed by atoms with van der Waals surface area (Å²) in [7, 11) is 0. The van der Waals surface area contributed by atoms with Gasteiger partial charge in [0, 0.05) is 50.2 Å². The number of fused-ring (bicyclic) bond motifs is 2. The zero-order valence-corrected chi connectivity index (χ0v) is 57.9. The normalized spacial score (nSPS) is 16.2. The molecule has 2 atom stereocenters. The number of thiophene rings is 4. The average Bonchev–Trinajstić information content (AvgIpc) is 1.12. The van der Waals surface area contributed by atoms with Crippen LogP contribution in [0.25, 0.3) is 55.5 Å². The van der Waals surface area contributed by atoms with Gasteiger partial charge in [-0.15, -0.1) is 58.0 Å². The van der Waals surface area contributed by atoms with Crippen molar-refractivity contribution >= 4 is 146 Å². The number of nitrogens with zero attached hydrogens (tertiary/aromatic N) is 2. The first-order chi connectivity index (χ1) is 43.7. The number of thiocarbonyl (C=S) groups is 1. The van der Waals surface area contributed by atoms with E-state index < -0.39 is 30.9 Å². The van der Waals surface area contributed by atoms with Crippen molar-refractivity contribution in [3.63, 3.8) is 0 Å². The van der Waals surface area contributed by atoms with E-state index in [-0.39, 0.29) is 27.1 Å². The number of rotatable bonds is 34. The number of benzene rings is 2. The summed E-state index contributed by atoms with van der Waals surface area (Å²) < 4.78 is 0.272. The largest absolute Gasteiger partial charge is 0.480 e. The van der Waals surface area contributed by atoms with Gasteiger partial charge in [-0.3, -0.25) is 29.1 Å². The average molecular weight is 1330 g/mol. The van der Waals surface area contributed by atoms with Gasteiger partial charge in [-0.2, -0.15) is 0 Å². The number of carbonyl (C=O) groups excluding carboxylic acids is 2. The molecule has 1 aliphatic carbocycles. The minimum Gasteiger partial charge on any atom is -0.480 e. The summed E-state index contributed by atoms with van der Waals surface area (Å²) in [4.78, 5) is 65.5. The van der Waals surface area contributed by atoms with Crippen molar-refractivity contribution in [2.75, 3.05) is 13.1 Å². The minimum atomic E-state index is -1.10. The SMILES string of the molecule is CCCCCCc1cc(-c2sc(/C=C(/S)C(=O)NCC(=O)O)cc2CCCCCC)sc1/C=C/c1ccc2c(c1)=C(c1ccccc1)C1C=C(/C=C/c3sc(-c4sc(/C=C5/SC(=S)N(CC(=O)O)C5=O)cc4CCCCCC)cc3CCCCCC)C=CC1N=2. The summed E-state index contributed by atoms with van der Waals surface area (Å²) in [6.45, 7) is 8.06. The van der Waals surface area contributed by atoms with Crippen molar-refractivity contribution in [3.8, 4) is 19.5 Å². The zero-order valence-electron chi connectivity index (χ0n) is 52.2. The van der Waals surface area contributed by atoms with Crippen LogP contribution in [-0.2, 0) is 44.9 Å². The van der Waals surface area contributed by atoms with Gasteiger partial charge in [-0.25, -0.2) is 0 Å². The highest BCUT2D eigenvalue weighted by atomic mass is 32.2. The van der Waals surface area contributed by atoms with E-state index in [4.69, 9.17) is 22.3 Å². The molecule has 16 heteroatoms. The Bertz CT molecular complexity index is 3870. The summed E-state index contributed by atoms with van der Waals surface area (Å²) in [5.41, 5.74) is 9.95. The molecule has 0 spiro atoms. The Balaban J connectivity index is 1.04. The minimum absolute atomic E-state index is 0.00891. The molecule has 3 aliphatic rings. The van der Waals surface area contributed by atoms with Crippen molar-refractivity contribution in [1.82, 2.24) is 10.2 Å². The number of thiol groups is 1. The van der Waals surface area contributed by atoms with Crippen molar-refractivity contribution in [2.24, 2.45) is 10.9 Å². The van der Waals surface area contributed by atoms with Gasteiger partial charge in [0.2, 0.25) is 0 Å².